The van der Waals surface area contributed by atoms with Crippen LogP contribution in [-0.2, 0) is 19.0 Å². The van der Waals surface area contributed by atoms with Crippen molar-refractivity contribution in [1.29, 1.82) is 0 Å². The van der Waals surface area contributed by atoms with Crippen molar-refractivity contribution in [1.82, 2.24) is 4.98 Å². The van der Waals surface area contributed by atoms with E-state index in [0.717, 1.165) is 16.9 Å². The zero-order valence-corrected chi connectivity index (χ0v) is 14.3. The van der Waals surface area contributed by atoms with Crippen LogP contribution in [0.2, 0.25) is 0 Å². The van der Waals surface area contributed by atoms with E-state index >= 15 is 0 Å². The van der Waals surface area contributed by atoms with E-state index in [-0.39, 0.29) is 17.5 Å². The molecule has 2 aromatic rings. The topological polar surface area (TPSA) is 86.8 Å². The SMILES string of the molecule is CCOC(=O)c1sc(NC(=O)C2=COCCO2)nc1-c1ccccc1. The summed E-state index contributed by atoms with van der Waals surface area (Å²) in [4.78, 5) is 29.1. The van der Waals surface area contributed by atoms with Gasteiger partial charge in [-0.15, -0.1) is 0 Å². The van der Waals surface area contributed by atoms with Crippen molar-refractivity contribution in [2.45, 2.75) is 6.92 Å². The van der Waals surface area contributed by atoms with Gasteiger partial charge in [0.25, 0.3) is 5.91 Å². The molecular formula is C17H16N2O5S. The summed E-state index contributed by atoms with van der Waals surface area (Å²) in [5.41, 5.74) is 1.23. The Balaban J connectivity index is 1.89. The van der Waals surface area contributed by atoms with Crippen LogP contribution in [0.5, 0.6) is 0 Å². The number of nitrogens with zero attached hydrogens (tertiary/aromatic N) is 1. The van der Waals surface area contributed by atoms with Gasteiger partial charge in [0.2, 0.25) is 5.76 Å². The minimum atomic E-state index is -0.483. The first-order valence-electron chi connectivity index (χ1n) is 7.68. The van der Waals surface area contributed by atoms with Crippen molar-refractivity contribution in [3.63, 3.8) is 0 Å². The average Bonchev–Trinajstić information content (AvgIpc) is 3.07. The molecule has 0 saturated heterocycles. The third-order valence-corrected chi connectivity index (χ3v) is 4.18. The molecule has 7 nitrogen and oxygen atoms in total. The van der Waals surface area contributed by atoms with E-state index in [0.29, 0.717) is 23.8 Å². The highest BCUT2D eigenvalue weighted by molar-refractivity contribution is 7.18. The summed E-state index contributed by atoms with van der Waals surface area (Å²) in [6, 6.07) is 9.24. The number of anilines is 1. The summed E-state index contributed by atoms with van der Waals surface area (Å²) in [6.45, 7) is 2.70. The van der Waals surface area contributed by atoms with Crippen molar-refractivity contribution in [3.05, 3.63) is 47.2 Å². The molecule has 1 aliphatic rings. The maximum Gasteiger partial charge on any atom is 0.350 e. The van der Waals surface area contributed by atoms with Crippen LogP contribution in [-0.4, -0.2) is 36.7 Å². The molecule has 1 aromatic carbocycles. The molecule has 0 atom stereocenters. The fourth-order valence-corrected chi connectivity index (χ4v) is 3.02. The van der Waals surface area contributed by atoms with Crippen molar-refractivity contribution >= 4 is 28.3 Å². The van der Waals surface area contributed by atoms with Gasteiger partial charge in [-0.25, -0.2) is 9.78 Å². The van der Waals surface area contributed by atoms with Gasteiger partial charge in [-0.05, 0) is 6.92 Å². The molecule has 1 N–H and O–H groups in total. The largest absolute Gasteiger partial charge is 0.494 e. The van der Waals surface area contributed by atoms with Crippen LogP contribution in [0.4, 0.5) is 5.13 Å². The van der Waals surface area contributed by atoms with Gasteiger partial charge in [0.1, 0.15) is 24.4 Å². The number of hydrogen-bond acceptors (Lipinski definition) is 7. The van der Waals surface area contributed by atoms with E-state index in [1.807, 2.05) is 30.3 Å². The quantitative estimate of drug-likeness (QED) is 0.825. The second-order valence-electron chi connectivity index (χ2n) is 4.94. The summed E-state index contributed by atoms with van der Waals surface area (Å²) in [5.74, 6) is -0.889. The highest BCUT2D eigenvalue weighted by Crippen LogP contribution is 2.32. The Morgan fingerprint density at radius 3 is 2.76 bits per heavy atom. The van der Waals surface area contributed by atoms with Crippen LogP contribution < -0.4 is 5.32 Å². The molecule has 0 fully saturated rings. The number of rotatable bonds is 5. The molecule has 0 radical (unpaired) electrons. The first kappa shape index (κ1) is 17.0. The second kappa shape index (κ2) is 7.80. The summed E-state index contributed by atoms with van der Waals surface area (Å²) in [7, 11) is 0. The second-order valence-corrected chi connectivity index (χ2v) is 5.94. The highest BCUT2D eigenvalue weighted by atomic mass is 32.1. The Bertz CT molecular complexity index is 801. The number of amides is 1. The number of thiazole rings is 1. The highest BCUT2D eigenvalue weighted by Gasteiger charge is 2.23. The van der Waals surface area contributed by atoms with Gasteiger partial charge in [-0.2, -0.15) is 0 Å². The molecule has 1 aliphatic heterocycles. The Kier molecular flexibility index (Phi) is 5.30. The van der Waals surface area contributed by atoms with Crippen molar-refractivity contribution in [2.24, 2.45) is 0 Å². The number of ether oxygens (including phenoxy) is 3. The lowest BCUT2D eigenvalue weighted by atomic mass is 10.1. The summed E-state index contributed by atoms with van der Waals surface area (Å²) < 4.78 is 15.4. The van der Waals surface area contributed by atoms with Gasteiger partial charge in [0.05, 0.1) is 12.3 Å². The lowest BCUT2D eigenvalue weighted by Crippen LogP contribution is -2.21. The molecule has 0 spiro atoms. The third-order valence-electron chi connectivity index (χ3n) is 3.23. The lowest BCUT2D eigenvalue weighted by molar-refractivity contribution is -0.117. The standard InChI is InChI=1S/C17H16N2O5S/c1-2-23-16(21)14-13(11-6-4-3-5-7-11)18-17(25-14)19-15(20)12-10-22-8-9-24-12/h3-7,10H,2,8-9H2,1H3,(H,18,19,20). The smallest absolute Gasteiger partial charge is 0.350 e. The van der Waals surface area contributed by atoms with Crippen molar-refractivity contribution in [2.75, 3.05) is 25.1 Å². The molecule has 3 rings (SSSR count). The molecule has 0 unspecified atom stereocenters. The first-order valence-corrected chi connectivity index (χ1v) is 8.50. The van der Waals surface area contributed by atoms with Gasteiger partial charge < -0.3 is 14.2 Å². The van der Waals surface area contributed by atoms with E-state index in [2.05, 4.69) is 10.3 Å². The van der Waals surface area contributed by atoms with Gasteiger partial charge in [-0.3, -0.25) is 10.1 Å². The minimum absolute atomic E-state index is 0.0698. The molecule has 25 heavy (non-hydrogen) atoms. The van der Waals surface area contributed by atoms with E-state index in [1.54, 1.807) is 6.92 Å². The zero-order chi connectivity index (χ0) is 17.6. The average molecular weight is 360 g/mol. The molecule has 1 aromatic heterocycles. The summed E-state index contributed by atoms with van der Waals surface area (Å²) in [6.07, 6.45) is 1.26. The zero-order valence-electron chi connectivity index (χ0n) is 13.5. The predicted molar refractivity (Wildman–Crippen MR) is 92.1 cm³/mol. The number of benzene rings is 1. The molecule has 1 amide bonds. The Hall–Kier alpha value is -2.87. The van der Waals surface area contributed by atoms with Gasteiger partial charge >= 0.3 is 5.97 Å². The Morgan fingerprint density at radius 2 is 2.08 bits per heavy atom. The molecule has 0 saturated carbocycles. The molecule has 0 aliphatic carbocycles. The van der Waals surface area contributed by atoms with E-state index in [4.69, 9.17) is 14.2 Å². The van der Waals surface area contributed by atoms with Gasteiger partial charge in [0.15, 0.2) is 5.13 Å². The number of esters is 1. The van der Waals surface area contributed by atoms with Crippen LogP contribution in [0.1, 0.15) is 16.6 Å². The Morgan fingerprint density at radius 1 is 1.28 bits per heavy atom. The fourth-order valence-electron chi connectivity index (χ4n) is 2.15. The van der Waals surface area contributed by atoms with Crippen LogP contribution in [0.25, 0.3) is 11.3 Å². The van der Waals surface area contributed by atoms with Gasteiger partial charge in [0, 0.05) is 5.56 Å². The van der Waals surface area contributed by atoms with Gasteiger partial charge in [-0.1, -0.05) is 41.7 Å². The molecular weight excluding hydrogens is 344 g/mol. The number of nitrogens with one attached hydrogen (secondary N) is 1. The number of carbonyl (C=O) groups is 2. The van der Waals surface area contributed by atoms with Crippen molar-refractivity contribution in [3.8, 4) is 11.3 Å². The summed E-state index contributed by atoms with van der Waals surface area (Å²) in [5, 5.41) is 2.91. The third kappa shape index (κ3) is 3.97. The fraction of sp³-hybridized carbons (Fsp3) is 0.235. The monoisotopic (exact) mass is 360 g/mol. The lowest BCUT2D eigenvalue weighted by Gasteiger charge is -2.14. The van der Waals surface area contributed by atoms with Crippen LogP contribution in [0.3, 0.4) is 0 Å². The maximum atomic E-state index is 12.2. The number of carbonyl (C=O) groups excluding carboxylic acids is 2. The summed E-state index contributed by atoms with van der Waals surface area (Å²) >= 11 is 1.05. The number of aromatic nitrogens is 1. The van der Waals surface area contributed by atoms with Crippen LogP contribution >= 0.6 is 11.3 Å². The first-order chi connectivity index (χ1) is 12.2. The molecule has 2 heterocycles. The molecule has 8 heteroatoms. The molecule has 130 valence electrons. The van der Waals surface area contributed by atoms with E-state index in [1.165, 1.54) is 6.26 Å². The number of hydrogen-bond donors (Lipinski definition) is 1. The maximum absolute atomic E-state index is 12.2. The Labute approximate surface area is 148 Å². The predicted octanol–water partition coefficient (Wildman–Crippen LogP) is 2.81. The van der Waals surface area contributed by atoms with E-state index < -0.39 is 11.9 Å². The van der Waals surface area contributed by atoms with Crippen molar-refractivity contribution < 1.29 is 23.8 Å². The normalized spacial score (nSPS) is 13.2. The van der Waals surface area contributed by atoms with Crippen LogP contribution in [0.15, 0.2) is 42.4 Å². The molecule has 0 bridgehead atoms. The van der Waals surface area contributed by atoms with E-state index in [9.17, 15) is 9.59 Å². The van der Waals surface area contributed by atoms with Crippen LogP contribution in [0, 0.1) is 0 Å². The minimum Gasteiger partial charge on any atom is -0.494 e.